The molecule has 0 aliphatic rings. The molecule has 0 fully saturated rings. The molecule has 0 saturated heterocycles. The SMILES string of the molecule is Cc1cc(C(=O)NC(c2ccccc2)c2ccccc2)ns1. The predicted molar refractivity (Wildman–Crippen MR) is 89.0 cm³/mol. The number of aryl methyl sites for hydroxylation is 1. The first-order valence-electron chi connectivity index (χ1n) is 7.08. The van der Waals surface area contributed by atoms with Crippen LogP contribution in [0, 0.1) is 6.92 Å². The van der Waals surface area contributed by atoms with Gasteiger partial charge in [-0.1, -0.05) is 60.7 Å². The average molecular weight is 308 g/mol. The van der Waals surface area contributed by atoms with Crippen LogP contribution in [0.1, 0.15) is 32.5 Å². The number of carbonyl (C=O) groups excluding carboxylic acids is 1. The molecule has 4 heteroatoms. The van der Waals surface area contributed by atoms with E-state index in [0.717, 1.165) is 16.0 Å². The monoisotopic (exact) mass is 308 g/mol. The van der Waals surface area contributed by atoms with Crippen LogP contribution in [0.3, 0.4) is 0 Å². The van der Waals surface area contributed by atoms with Crippen molar-refractivity contribution in [1.82, 2.24) is 9.69 Å². The summed E-state index contributed by atoms with van der Waals surface area (Å²) in [7, 11) is 0. The zero-order valence-corrected chi connectivity index (χ0v) is 13.0. The van der Waals surface area contributed by atoms with Gasteiger partial charge in [0, 0.05) is 4.88 Å². The fraction of sp³-hybridized carbons (Fsp3) is 0.111. The molecule has 2 aromatic carbocycles. The maximum absolute atomic E-state index is 12.4. The van der Waals surface area contributed by atoms with E-state index in [1.54, 1.807) is 0 Å². The first-order chi connectivity index (χ1) is 10.7. The first kappa shape index (κ1) is 14.5. The number of hydrogen-bond acceptors (Lipinski definition) is 3. The fourth-order valence-electron chi connectivity index (χ4n) is 2.33. The normalized spacial score (nSPS) is 10.6. The van der Waals surface area contributed by atoms with Crippen molar-refractivity contribution >= 4 is 17.4 Å². The number of rotatable bonds is 4. The van der Waals surface area contributed by atoms with Crippen LogP contribution in [0.5, 0.6) is 0 Å². The summed E-state index contributed by atoms with van der Waals surface area (Å²) in [6.07, 6.45) is 0. The highest BCUT2D eigenvalue weighted by Crippen LogP contribution is 2.22. The van der Waals surface area contributed by atoms with E-state index < -0.39 is 0 Å². The highest BCUT2D eigenvalue weighted by Gasteiger charge is 2.18. The molecule has 0 atom stereocenters. The molecular formula is C18H16N2OS. The average Bonchev–Trinajstić information content (AvgIpc) is 3.01. The standard InChI is InChI=1S/C18H16N2OS/c1-13-12-16(20-22-13)18(21)19-17(14-8-4-2-5-9-14)15-10-6-3-7-11-15/h2-12,17H,1H3,(H,19,21). The van der Waals surface area contributed by atoms with Crippen LogP contribution in [-0.4, -0.2) is 10.3 Å². The summed E-state index contributed by atoms with van der Waals surface area (Å²) in [5.74, 6) is -0.151. The van der Waals surface area contributed by atoms with Crippen LogP contribution < -0.4 is 5.32 Å². The van der Waals surface area contributed by atoms with Crippen LogP contribution in [0.15, 0.2) is 66.7 Å². The van der Waals surface area contributed by atoms with Gasteiger partial charge in [-0.25, -0.2) is 0 Å². The molecule has 0 unspecified atom stereocenters. The molecule has 0 bridgehead atoms. The number of carbonyl (C=O) groups is 1. The van der Waals surface area contributed by atoms with Gasteiger partial charge in [-0.3, -0.25) is 4.79 Å². The lowest BCUT2D eigenvalue weighted by Gasteiger charge is -2.19. The lowest BCUT2D eigenvalue weighted by molar-refractivity contribution is 0.0939. The third-order valence-corrected chi connectivity index (χ3v) is 4.10. The molecule has 0 aliphatic carbocycles. The van der Waals surface area contributed by atoms with Crippen molar-refractivity contribution in [3.63, 3.8) is 0 Å². The lowest BCUT2D eigenvalue weighted by atomic mass is 9.98. The van der Waals surface area contributed by atoms with Crippen molar-refractivity contribution in [2.45, 2.75) is 13.0 Å². The molecule has 22 heavy (non-hydrogen) atoms. The van der Waals surface area contributed by atoms with Crippen molar-refractivity contribution in [2.75, 3.05) is 0 Å². The van der Waals surface area contributed by atoms with Gasteiger partial charge in [-0.2, -0.15) is 4.37 Å². The van der Waals surface area contributed by atoms with Gasteiger partial charge in [0.2, 0.25) is 0 Å². The number of hydrogen-bond donors (Lipinski definition) is 1. The Hall–Kier alpha value is -2.46. The van der Waals surface area contributed by atoms with Gasteiger partial charge in [-0.15, -0.1) is 0 Å². The minimum absolute atomic E-state index is 0.151. The second-order valence-electron chi connectivity index (χ2n) is 5.05. The number of amides is 1. The molecule has 0 spiro atoms. The highest BCUT2D eigenvalue weighted by molar-refractivity contribution is 7.05. The first-order valence-corrected chi connectivity index (χ1v) is 7.85. The molecule has 3 rings (SSSR count). The van der Waals surface area contributed by atoms with Gasteiger partial charge >= 0.3 is 0 Å². The maximum Gasteiger partial charge on any atom is 0.271 e. The van der Waals surface area contributed by atoms with Gasteiger partial charge in [0.25, 0.3) is 5.91 Å². The van der Waals surface area contributed by atoms with E-state index in [-0.39, 0.29) is 11.9 Å². The summed E-state index contributed by atoms with van der Waals surface area (Å²) in [5, 5.41) is 3.08. The van der Waals surface area contributed by atoms with Crippen LogP contribution in [0.25, 0.3) is 0 Å². The molecule has 1 heterocycles. The molecule has 3 aromatic rings. The van der Waals surface area contributed by atoms with E-state index in [2.05, 4.69) is 9.69 Å². The van der Waals surface area contributed by atoms with Gasteiger partial charge in [0.05, 0.1) is 6.04 Å². The summed E-state index contributed by atoms with van der Waals surface area (Å²) in [4.78, 5) is 13.5. The Kier molecular flexibility index (Phi) is 4.30. The number of aromatic nitrogens is 1. The van der Waals surface area contributed by atoms with E-state index in [1.807, 2.05) is 73.7 Å². The molecule has 0 saturated carbocycles. The van der Waals surface area contributed by atoms with Gasteiger partial charge < -0.3 is 5.32 Å². The zero-order chi connectivity index (χ0) is 15.4. The van der Waals surface area contributed by atoms with E-state index in [0.29, 0.717) is 5.69 Å². The Morgan fingerprint density at radius 1 is 1.00 bits per heavy atom. The Labute approximate surface area is 133 Å². The van der Waals surface area contributed by atoms with Crippen LogP contribution >= 0.6 is 11.5 Å². The van der Waals surface area contributed by atoms with Gasteiger partial charge in [-0.05, 0) is 35.6 Å². The van der Waals surface area contributed by atoms with Crippen LogP contribution in [-0.2, 0) is 0 Å². The van der Waals surface area contributed by atoms with Crippen LogP contribution in [0.2, 0.25) is 0 Å². The lowest BCUT2D eigenvalue weighted by Crippen LogP contribution is -2.29. The van der Waals surface area contributed by atoms with Gasteiger partial charge in [0.15, 0.2) is 0 Å². The summed E-state index contributed by atoms with van der Waals surface area (Å²) in [6.45, 7) is 1.94. The number of benzene rings is 2. The Morgan fingerprint density at radius 3 is 2.00 bits per heavy atom. The van der Waals surface area contributed by atoms with E-state index in [4.69, 9.17) is 0 Å². The zero-order valence-electron chi connectivity index (χ0n) is 12.2. The predicted octanol–water partition coefficient (Wildman–Crippen LogP) is 3.97. The molecule has 110 valence electrons. The van der Waals surface area contributed by atoms with Crippen molar-refractivity contribution in [2.24, 2.45) is 0 Å². The smallest absolute Gasteiger partial charge is 0.271 e. The largest absolute Gasteiger partial charge is 0.340 e. The molecule has 0 aliphatic heterocycles. The summed E-state index contributed by atoms with van der Waals surface area (Å²) < 4.78 is 4.19. The van der Waals surface area contributed by atoms with Crippen molar-refractivity contribution < 1.29 is 4.79 Å². The maximum atomic E-state index is 12.4. The Bertz CT molecular complexity index is 714. The molecule has 3 nitrogen and oxygen atoms in total. The molecular weight excluding hydrogens is 292 g/mol. The molecule has 0 radical (unpaired) electrons. The molecule has 1 N–H and O–H groups in total. The summed E-state index contributed by atoms with van der Waals surface area (Å²) in [5.41, 5.74) is 2.57. The molecule has 1 amide bonds. The van der Waals surface area contributed by atoms with E-state index >= 15 is 0 Å². The second-order valence-corrected chi connectivity index (χ2v) is 6.06. The topological polar surface area (TPSA) is 42.0 Å². The van der Waals surface area contributed by atoms with E-state index in [1.165, 1.54) is 11.5 Å². The van der Waals surface area contributed by atoms with Crippen molar-refractivity contribution in [3.05, 3.63) is 88.4 Å². The van der Waals surface area contributed by atoms with E-state index in [9.17, 15) is 4.79 Å². The number of nitrogens with zero attached hydrogens (tertiary/aromatic N) is 1. The minimum Gasteiger partial charge on any atom is -0.340 e. The summed E-state index contributed by atoms with van der Waals surface area (Å²) >= 11 is 1.34. The second kappa shape index (κ2) is 6.54. The van der Waals surface area contributed by atoms with Crippen molar-refractivity contribution in [1.29, 1.82) is 0 Å². The fourth-order valence-corrected chi connectivity index (χ4v) is 2.87. The number of nitrogens with one attached hydrogen (secondary N) is 1. The molecule has 1 aromatic heterocycles. The third kappa shape index (κ3) is 3.23. The summed E-state index contributed by atoms with van der Waals surface area (Å²) in [6, 6.07) is 21.5. The highest BCUT2D eigenvalue weighted by atomic mass is 32.1. The van der Waals surface area contributed by atoms with Crippen LogP contribution in [0.4, 0.5) is 0 Å². The van der Waals surface area contributed by atoms with Gasteiger partial charge in [0.1, 0.15) is 5.69 Å². The quantitative estimate of drug-likeness (QED) is 0.792. The van der Waals surface area contributed by atoms with Crippen molar-refractivity contribution in [3.8, 4) is 0 Å². The minimum atomic E-state index is -0.183. The Balaban J connectivity index is 1.91. The third-order valence-electron chi connectivity index (χ3n) is 3.40. The Morgan fingerprint density at radius 2 is 1.55 bits per heavy atom.